The molecule has 2 saturated heterocycles. The quantitative estimate of drug-likeness (QED) is 0.153. The van der Waals surface area contributed by atoms with Gasteiger partial charge in [-0.1, -0.05) is 85.8 Å². The first kappa shape index (κ1) is 30.7. The number of fused-ring (bicyclic) bond motifs is 2. The Balaban J connectivity index is 1.27. The lowest BCUT2D eigenvalue weighted by Crippen LogP contribution is -2.36. The number of imidazole rings is 1. The number of carbonyl (C=O) groups is 1. The van der Waals surface area contributed by atoms with E-state index in [2.05, 4.69) is 43.9 Å². The maximum atomic E-state index is 11.0. The van der Waals surface area contributed by atoms with Crippen LogP contribution in [-0.4, -0.2) is 84.5 Å². The zero-order valence-electron chi connectivity index (χ0n) is 24.9. The normalized spacial score (nSPS) is 21.5. The van der Waals surface area contributed by atoms with Gasteiger partial charge in [0.1, 0.15) is 31.6 Å². The molecule has 0 aliphatic carbocycles. The van der Waals surface area contributed by atoms with Gasteiger partial charge in [-0.15, -0.1) is 0 Å². The van der Waals surface area contributed by atoms with Gasteiger partial charge in [0.2, 0.25) is 0 Å². The molecule has 2 aromatic carbocycles. The number of carboxylic acid groups (broad SMARTS) is 1. The van der Waals surface area contributed by atoms with Gasteiger partial charge in [-0.05, 0) is 23.2 Å². The number of pyridine rings is 1. The van der Waals surface area contributed by atoms with Crippen LogP contribution in [0.4, 0.5) is 0 Å². The highest BCUT2D eigenvalue weighted by molar-refractivity contribution is 6.76. The smallest absolute Gasteiger partial charge is 0.329 e. The molecule has 44 heavy (non-hydrogen) atoms. The fourth-order valence-corrected chi connectivity index (χ4v) is 6.41. The van der Waals surface area contributed by atoms with Crippen LogP contribution in [-0.2, 0) is 30.5 Å². The first-order valence-corrected chi connectivity index (χ1v) is 18.8. The molecule has 4 heterocycles. The molecule has 2 aromatic heterocycles. The van der Waals surface area contributed by atoms with E-state index >= 15 is 0 Å². The molecule has 2 aliphatic rings. The van der Waals surface area contributed by atoms with Gasteiger partial charge in [-0.3, -0.25) is 4.57 Å². The first-order valence-electron chi connectivity index (χ1n) is 14.7. The summed E-state index contributed by atoms with van der Waals surface area (Å²) >= 11 is 6.83. The van der Waals surface area contributed by atoms with Crippen LogP contribution in [0.3, 0.4) is 0 Å². The Kier molecular flexibility index (Phi) is 9.04. The molecule has 0 amide bonds. The zero-order valence-corrected chi connectivity index (χ0v) is 26.7. The second-order valence-corrected chi connectivity index (χ2v) is 18.3. The third-order valence-electron chi connectivity index (χ3n) is 7.78. The number of ether oxygens (including phenoxy) is 5. The van der Waals surface area contributed by atoms with Gasteiger partial charge in [0.15, 0.2) is 11.8 Å². The molecule has 6 rings (SSSR count). The summed E-state index contributed by atoms with van der Waals surface area (Å²) in [5.74, 6) is -1.04. The number of hydrogen-bond acceptors (Lipinski definition) is 8. The monoisotopic (exact) mass is 637 g/mol. The number of rotatable bonds is 12. The Bertz CT molecular complexity index is 1610. The van der Waals surface area contributed by atoms with Crippen LogP contribution in [0, 0.1) is 0 Å². The third kappa shape index (κ3) is 6.83. The van der Waals surface area contributed by atoms with Crippen molar-refractivity contribution in [2.24, 2.45) is 0 Å². The summed E-state index contributed by atoms with van der Waals surface area (Å²) in [6, 6.07) is 21.5. The second-order valence-electron chi connectivity index (χ2n) is 12.3. The number of carboxylic acids is 1. The van der Waals surface area contributed by atoms with E-state index in [1.165, 1.54) is 0 Å². The highest BCUT2D eigenvalue weighted by Gasteiger charge is 2.50. The maximum Gasteiger partial charge on any atom is 0.329 e. The minimum Gasteiger partial charge on any atom is -0.480 e. The largest absolute Gasteiger partial charge is 0.480 e. The predicted molar refractivity (Wildman–Crippen MR) is 169 cm³/mol. The summed E-state index contributed by atoms with van der Waals surface area (Å²) in [4.78, 5) is 20.6. The molecule has 12 heteroatoms. The first-order chi connectivity index (χ1) is 21.2. The van der Waals surface area contributed by atoms with E-state index in [0.717, 1.165) is 22.7 Å². The van der Waals surface area contributed by atoms with Crippen molar-refractivity contribution in [1.82, 2.24) is 14.5 Å². The lowest BCUT2D eigenvalue weighted by molar-refractivity contribution is -0.146. The zero-order chi connectivity index (χ0) is 30.8. The van der Waals surface area contributed by atoms with Gasteiger partial charge in [0.05, 0.1) is 29.4 Å². The number of nitrogens with zero attached hydrogens (tertiary/aromatic N) is 3. The Labute approximate surface area is 261 Å². The molecule has 4 atom stereocenters. The molecule has 1 N–H and O–H groups in total. The van der Waals surface area contributed by atoms with Crippen molar-refractivity contribution >= 4 is 36.8 Å². The average molecular weight is 638 g/mol. The summed E-state index contributed by atoms with van der Waals surface area (Å²) < 4.78 is 31.7. The van der Waals surface area contributed by atoms with Crippen molar-refractivity contribution in [3.63, 3.8) is 0 Å². The van der Waals surface area contributed by atoms with Crippen molar-refractivity contribution < 1.29 is 33.6 Å². The topological polar surface area (TPSA) is 114 Å². The van der Waals surface area contributed by atoms with Crippen LogP contribution in [0.25, 0.3) is 33.5 Å². The number of benzene rings is 2. The molecule has 0 saturated carbocycles. The van der Waals surface area contributed by atoms with Crippen LogP contribution in [0.5, 0.6) is 6.01 Å². The molecular formula is C32H36ClN3O7Si. The Morgan fingerprint density at radius 2 is 1.64 bits per heavy atom. The summed E-state index contributed by atoms with van der Waals surface area (Å²) in [7, 11) is -1.29. The summed E-state index contributed by atoms with van der Waals surface area (Å²) in [5, 5.41) is 9.49. The van der Waals surface area contributed by atoms with Crippen LogP contribution in [0.15, 0.2) is 60.7 Å². The Morgan fingerprint density at radius 3 is 2.34 bits per heavy atom. The van der Waals surface area contributed by atoms with Gasteiger partial charge in [0.25, 0.3) is 0 Å². The van der Waals surface area contributed by atoms with Crippen molar-refractivity contribution in [3.8, 4) is 28.4 Å². The molecule has 0 bridgehead atoms. The Hall–Kier alpha value is -3.32. The SMILES string of the molecule is C[Si](C)(C)CCOCn1c(O[C@@H]2CO[C@H]3[C@H]2OC[C@H]3OCC(=O)O)nc2nc(-c3ccc(-c4ccccc4)cc3)c(Cl)cc21. The lowest BCUT2D eigenvalue weighted by atomic mass is 10.0. The molecular weight excluding hydrogens is 602 g/mol. The van der Waals surface area contributed by atoms with Crippen LogP contribution in [0.2, 0.25) is 30.7 Å². The average Bonchev–Trinajstić information content (AvgIpc) is 3.68. The van der Waals surface area contributed by atoms with Crippen molar-refractivity contribution in [3.05, 3.63) is 65.7 Å². The molecule has 4 aromatic rings. The predicted octanol–water partition coefficient (Wildman–Crippen LogP) is 5.75. The lowest BCUT2D eigenvalue weighted by Gasteiger charge is -2.19. The molecule has 232 valence electrons. The van der Waals surface area contributed by atoms with E-state index in [4.69, 9.17) is 50.4 Å². The van der Waals surface area contributed by atoms with E-state index in [1.807, 2.05) is 41.0 Å². The highest BCUT2D eigenvalue weighted by Crippen LogP contribution is 2.35. The Morgan fingerprint density at radius 1 is 0.977 bits per heavy atom. The highest BCUT2D eigenvalue weighted by atomic mass is 35.5. The van der Waals surface area contributed by atoms with Gasteiger partial charge < -0.3 is 28.8 Å². The van der Waals surface area contributed by atoms with Crippen LogP contribution >= 0.6 is 11.6 Å². The van der Waals surface area contributed by atoms with E-state index in [9.17, 15) is 4.79 Å². The van der Waals surface area contributed by atoms with Crippen LogP contribution < -0.4 is 4.74 Å². The number of hydrogen-bond donors (Lipinski definition) is 1. The maximum absolute atomic E-state index is 11.0. The van der Waals surface area contributed by atoms with E-state index < -0.39 is 45.1 Å². The summed E-state index contributed by atoms with van der Waals surface area (Å²) in [6.07, 6.45) is -1.81. The number of halogens is 1. The molecule has 2 fully saturated rings. The van der Waals surface area contributed by atoms with Gasteiger partial charge in [-0.25, -0.2) is 9.78 Å². The van der Waals surface area contributed by atoms with Gasteiger partial charge >= 0.3 is 12.0 Å². The van der Waals surface area contributed by atoms with Gasteiger partial charge in [0, 0.05) is 20.2 Å². The third-order valence-corrected chi connectivity index (χ3v) is 9.77. The molecule has 0 radical (unpaired) electrons. The summed E-state index contributed by atoms with van der Waals surface area (Å²) in [6.45, 7) is 7.80. The minimum absolute atomic E-state index is 0.215. The number of aromatic nitrogens is 3. The molecule has 2 aliphatic heterocycles. The summed E-state index contributed by atoms with van der Waals surface area (Å²) in [5.41, 5.74) is 4.89. The number of aliphatic carboxylic acids is 1. The van der Waals surface area contributed by atoms with E-state index in [0.29, 0.717) is 34.5 Å². The van der Waals surface area contributed by atoms with Crippen molar-refractivity contribution in [1.29, 1.82) is 0 Å². The van der Waals surface area contributed by atoms with Crippen molar-refractivity contribution in [2.45, 2.75) is 56.8 Å². The standard InChI is InChI=1S/C32H36ClN3O7Si/c1-44(2,3)14-13-39-19-36-24-15-23(33)28(22-11-9-21(10-12-22)20-7-5-4-6-8-20)34-31(24)35-32(36)43-26-17-42-29-25(16-41-30(26)29)40-18-27(37)38/h4-12,15,25-26,29-30H,13-14,16-19H2,1-3H3,(H,37,38)/t25-,26-,29-,30+/m1/s1. The van der Waals surface area contributed by atoms with Gasteiger partial charge in [-0.2, -0.15) is 4.98 Å². The fraction of sp³-hybridized carbons (Fsp3) is 0.406. The van der Waals surface area contributed by atoms with Crippen molar-refractivity contribution in [2.75, 3.05) is 26.4 Å². The second kappa shape index (κ2) is 13.0. The molecule has 10 nitrogen and oxygen atoms in total. The molecule has 0 unspecified atom stereocenters. The van der Waals surface area contributed by atoms with E-state index in [-0.39, 0.29) is 19.9 Å². The minimum atomic E-state index is -1.29. The van der Waals surface area contributed by atoms with E-state index in [1.54, 1.807) is 0 Å². The molecule has 0 spiro atoms. The fourth-order valence-electron chi connectivity index (χ4n) is 5.39. The van der Waals surface area contributed by atoms with Crippen LogP contribution in [0.1, 0.15) is 0 Å².